The highest BCUT2D eigenvalue weighted by atomic mass is 79.9. The van der Waals surface area contributed by atoms with Crippen LogP contribution in [-0.2, 0) is 0 Å². The number of imidazole rings is 1. The summed E-state index contributed by atoms with van der Waals surface area (Å²) in [6.45, 7) is 4.06. The van der Waals surface area contributed by atoms with Crippen molar-refractivity contribution in [2.24, 2.45) is 0 Å². The number of para-hydroxylation sites is 1. The average molecular weight is 413 g/mol. The molecule has 2 heterocycles. The number of rotatable bonds is 3. The molecule has 5 heteroatoms. The van der Waals surface area contributed by atoms with E-state index in [2.05, 4.69) is 26.5 Å². The van der Waals surface area contributed by atoms with Crippen LogP contribution in [0.2, 0.25) is 0 Å². The molecule has 0 unspecified atom stereocenters. The molecule has 4 rings (SSSR count). The molecular formula is C20H17BrN2OS. The van der Waals surface area contributed by atoms with E-state index in [4.69, 9.17) is 0 Å². The number of fused-ring (bicyclic) bond motifs is 1. The number of ketones is 1. The van der Waals surface area contributed by atoms with Crippen LogP contribution in [0, 0.1) is 13.8 Å². The first-order valence-corrected chi connectivity index (χ1v) is 8.73. The highest BCUT2D eigenvalue weighted by Gasteiger charge is 2.31. The minimum absolute atomic E-state index is 0. The summed E-state index contributed by atoms with van der Waals surface area (Å²) < 4.78 is 4.23. The molecule has 0 bridgehead atoms. The molecule has 0 fully saturated rings. The predicted molar refractivity (Wildman–Crippen MR) is 96.2 cm³/mol. The summed E-state index contributed by atoms with van der Waals surface area (Å²) in [7, 11) is 0. The summed E-state index contributed by atoms with van der Waals surface area (Å²) in [6.07, 6.45) is 0. The van der Waals surface area contributed by atoms with Crippen molar-refractivity contribution in [1.82, 2.24) is 4.40 Å². The van der Waals surface area contributed by atoms with Gasteiger partial charge in [-0.25, -0.2) is 0 Å². The van der Waals surface area contributed by atoms with Gasteiger partial charge in [0.25, 0.3) is 0 Å². The fourth-order valence-electron chi connectivity index (χ4n) is 3.10. The lowest BCUT2D eigenvalue weighted by Crippen LogP contribution is -3.00. The normalized spacial score (nSPS) is 10.6. The van der Waals surface area contributed by atoms with Gasteiger partial charge in [0.15, 0.2) is 5.69 Å². The zero-order valence-corrected chi connectivity index (χ0v) is 16.3. The number of carbonyl (C=O) groups is 1. The predicted octanol–water partition coefficient (Wildman–Crippen LogP) is 1.13. The van der Waals surface area contributed by atoms with Crippen molar-refractivity contribution in [3.05, 3.63) is 88.7 Å². The van der Waals surface area contributed by atoms with Crippen molar-refractivity contribution in [3.8, 4) is 5.69 Å². The summed E-state index contributed by atoms with van der Waals surface area (Å²) in [5.74, 6) is 0.0549. The Morgan fingerprint density at radius 2 is 1.56 bits per heavy atom. The van der Waals surface area contributed by atoms with Crippen LogP contribution in [0.3, 0.4) is 0 Å². The van der Waals surface area contributed by atoms with Crippen LogP contribution in [-0.4, -0.2) is 10.2 Å². The monoisotopic (exact) mass is 412 g/mol. The van der Waals surface area contributed by atoms with Gasteiger partial charge in [-0.05, 0) is 19.1 Å². The van der Waals surface area contributed by atoms with Crippen LogP contribution in [0.25, 0.3) is 10.6 Å². The zero-order valence-electron chi connectivity index (χ0n) is 13.9. The molecule has 0 aliphatic heterocycles. The quantitative estimate of drug-likeness (QED) is 0.365. The summed E-state index contributed by atoms with van der Waals surface area (Å²) in [6, 6.07) is 19.6. The second kappa shape index (κ2) is 6.94. The Balaban J connectivity index is 0.00000182. The molecule has 0 amide bonds. The van der Waals surface area contributed by atoms with E-state index in [-0.39, 0.29) is 22.8 Å². The Morgan fingerprint density at radius 3 is 2.20 bits per heavy atom. The van der Waals surface area contributed by atoms with E-state index in [1.54, 1.807) is 11.3 Å². The van der Waals surface area contributed by atoms with E-state index in [9.17, 15) is 4.79 Å². The number of hydrogen-bond acceptors (Lipinski definition) is 2. The van der Waals surface area contributed by atoms with Gasteiger partial charge in [0, 0.05) is 17.9 Å². The third kappa shape index (κ3) is 2.83. The molecule has 2 aromatic carbocycles. The molecule has 0 aliphatic carbocycles. The first-order valence-electron chi connectivity index (χ1n) is 7.85. The Morgan fingerprint density at radius 1 is 0.960 bits per heavy atom. The number of benzene rings is 2. The standard InChI is InChI=1S/C20H17N2OS.BrH/c1-14-13-24-20-21(14)18(19(23)16-9-5-3-6-10-16)15(2)22(20)17-11-7-4-8-12-17;/h3-13H,1-2H3;1H/q+1;/p-1. The second-order valence-electron chi connectivity index (χ2n) is 5.80. The van der Waals surface area contributed by atoms with Crippen molar-refractivity contribution >= 4 is 22.1 Å². The number of aryl methyl sites for hydroxylation is 1. The van der Waals surface area contributed by atoms with Crippen molar-refractivity contribution in [3.63, 3.8) is 0 Å². The molecule has 3 nitrogen and oxygen atoms in total. The first-order chi connectivity index (χ1) is 11.7. The number of aromatic nitrogens is 2. The molecule has 2 aromatic heterocycles. The molecule has 0 aliphatic rings. The maximum Gasteiger partial charge on any atom is 0.351 e. The molecule has 0 radical (unpaired) electrons. The third-order valence-electron chi connectivity index (χ3n) is 4.24. The number of carbonyl (C=O) groups excluding carboxylic acids is 1. The lowest BCUT2D eigenvalue weighted by atomic mass is 10.1. The van der Waals surface area contributed by atoms with Gasteiger partial charge >= 0.3 is 4.96 Å². The van der Waals surface area contributed by atoms with E-state index in [0.29, 0.717) is 5.56 Å². The Bertz CT molecular complexity index is 1040. The van der Waals surface area contributed by atoms with Crippen LogP contribution in [0.1, 0.15) is 27.4 Å². The fraction of sp³-hybridized carbons (Fsp3) is 0.100. The smallest absolute Gasteiger partial charge is 0.351 e. The van der Waals surface area contributed by atoms with E-state index in [1.807, 2.05) is 62.4 Å². The van der Waals surface area contributed by atoms with Crippen LogP contribution in [0.4, 0.5) is 0 Å². The number of hydrogen-bond donors (Lipinski definition) is 0. The molecular weight excluding hydrogens is 396 g/mol. The van der Waals surface area contributed by atoms with Crippen molar-refractivity contribution in [2.75, 3.05) is 0 Å². The van der Waals surface area contributed by atoms with Crippen molar-refractivity contribution < 1.29 is 26.3 Å². The van der Waals surface area contributed by atoms with Gasteiger partial charge < -0.3 is 17.0 Å². The Kier molecular flexibility index (Phi) is 4.88. The van der Waals surface area contributed by atoms with Crippen LogP contribution in [0.5, 0.6) is 0 Å². The maximum atomic E-state index is 13.1. The van der Waals surface area contributed by atoms with Crippen LogP contribution < -0.4 is 21.5 Å². The molecule has 25 heavy (non-hydrogen) atoms. The van der Waals surface area contributed by atoms with E-state index < -0.39 is 0 Å². The van der Waals surface area contributed by atoms with Crippen molar-refractivity contribution in [2.45, 2.75) is 13.8 Å². The fourth-order valence-corrected chi connectivity index (χ4v) is 4.17. The first kappa shape index (κ1) is 17.6. The second-order valence-corrected chi connectivity index (χ2v) is 6.63. The van der Waals surface area contributed by atoms with Gasteiger partial charge in [-0.2, -0.15) is 8.97 Å². The lowest BCUT2D eigenvalue weighted by molar-refractivity contribution is -0.571. The number of halogens is 1. The Hall–Kier alpha value is -2.24. The molecule has 0 atom stereocenters. The minimum atomic E-state index is 0. The minimum Gasteiger partial charge on any atom is -1.00 e. The summed E-state index contributed by atoms with van der Waals surface area (Å²) >= 11 is 1.66. The summed E-state index contributed by atoms with van der Waals surface area (Å²) in [5.41, 5.74) is 4.56. The highest BCUT2D eigenvalue weighted by Crippen LogP contribution is 2.23. The summed E-state index contributed by atoms with van der Waals surface area (Å²) in [4.78, 5) is 14.2. The van der Waals surface area contributed by atoms with Gasteiger partial charge in [-0.3, -0.25) is 4.79 Å². The SMILES string of the molecule is Cc1csc2n1c(C(=O)c1ccccc1)c(C)[n+]2-c1ccccc1.[Br-]. The number of nitrogens with zero attached hydrogens (tertiary/aromatic N) is 2. The molecule has 0 spiro atoms. The van der Waals surface area contributed by atoms with Crippen LogP contribution >= 0.6 is 11.3 Å². The largest absolute Gasteiger partial charge is 1.00 e. The van der Waals surface area contributed by atoms with Crippen molar-refractivity contribution in [1.29, 1.82) is 0 Å². The van der Waals surface area contributed by atoms with Gasteiger partial charge in [0.05, 0.1) is 0 Å². The van der Waals surface area contributed by atoms with Gasteiger partial charge in [-0.1, -0.05) is 59.9 Å². The average Bonchev–Trinajstić information content (AvgIpc) is 3.12. The molecule has 4 aromatic rings. The molecule has 126 valence electrons. The third-order valence-corrected chi connectivity index (χ3v) is 5.27. The number of thiazole rings is 1. The molecule has 0 saturated heterocycles. The zero-order chi connectivity index (χ0) is 16.7. The van der Waals surface area contributed by atoms with E-state index in [0.717, 1.165) is 27.7 Å². The van der Waals surface area contributed by atoms with Gasteiger partial charge in [0.2, 0.25) is 11.5 Å². The Labute approximate surface area is 161 Å². The van der Waals surface area contributed by atoms with Gasteiger partial charge in [0.1, 0.15) is 11.4 Å². The van der Waals surface area contributed by atoms with Crippen LogP contribution in [0.15, 0.2) is 66.0 Å². The van der Waals surface area contributed by atoms with E-state index in [1.165, 1.54) is 0 Å². The summed E-state index contributed by atoms with van der Waals surface area (Å²) in [5, 5.41) is 2.09. The lowest BCUT2D eigenvalue weighted by Gasteiger charge is -2.00. The maximum absolute atomic E-state index is 13.1. The highest BCUT2D eigenvalue weighted by molar-refractivity contribution is 7.14. The topological polar surface area (TPSA) is 25.4 Å². The molecule has 0 N–H and O–H groups in total. The van der Waals surface area contributed by atoms with E-state index >= 15 is 0 Å². The molecule has 0 saturated carbocycles. The van der Waals surface area contributed by atoms with Gasteiger partial charge in [-0.15, -0.1) is 0 Å².